The molecule has 0 saturated carbocycles. The van der Waals surface area contributed by atoms with Crippen molar-refractivity contribution >= 4 is 60.4 Å². The zero-order valence-corrected chi connectivity index (χ0v) is 31.8. The molecule has 0 radical (unpaired) electrons. The largest absolute Gasteiger partial charge is 0.310 e. The van der Waals surface area contributed by atoms with E-state index in [1.165, 1.54) is 76.7 Å². The molecule has 10 aromatic carbocycles. The third kappa shape index (κ3) is 5.66. The quantitative estimate of drug-likeness (QED) is 0.148. The van der Waals surface area contributed by atoms with Crippen molar-refractivity contribution in [1.29, 1.82) is 0 Å². The second-order valence-electron chi connectivity index (χ2n) is 14.9. The molecule has 0 saturated heterocycles. The molecule has 11 aromatic rings. The first kappa shape index (κ1) is 33.6. The molecule has 1 heterocycles. The van der Waals surface area contributed by atoms with Crippen LogP contribution in [0.4, 0.5) is 17.1 Å². The molecule has 0 fully saturated rings. The Kier molecular flexibility index (Phi) is 8.19. The lowest BCUT2D eigenvalue weighted by molar-refractivity contribution is 1.18. The summed E-state index contributed by atoms with van der Waals surface area (Å²) in [7, 11) is 0. The van der Waals surface area contributed by atoms with E-state index < -0.39 is 0 Å². The Balaban J connectivity index is 1.06. The summed E-state index contributed by atoms with van der Waals surface area (Å²) in [5.41, 5.74) is 14.2. The topological polar surface area (TPSA) is 8.17 Å². The highest BCUT2D eigenvalue weighted by Crippen LogP contribution is 2.45. The number of benzene rings is 10. The molecule has 272 valence electrons. The van der Waals surface area contributed by atoms with Crippen molar-refractivity contribution in [3.8, 4) is 39.1 Å². The second kappa shape index (κ2) is 14.1. The minimum absolute atomic E-state index is 1.10. The standard InChI is InChI=1S/C56H38N2/c1-4-17-39(18-5-1)42-21-16-24-45(37-42)58-53-30-15-14-25-47(53)52-38-46(35-36-54(52)58)57(43-22-8-3-9-23-43)44-33-31-41(32-34-44)56-50-28-12-10-26-48(50)55(40-19-6-2-7-20-40)49-27-11-13-29-51(49)56/h1-38H. The van der Waals surface area contributed by atoms with Gasteiger partial charge < -0.3 is 9.47 Å². The molecule has 0 unspecified atom stereocenters. The number of rotatable bonds is 7. The smallest absolute Gasteiger partial charge is 0.0542 e. The van der Waals surface area contributed by atoms with Gasteiger partial charge in [-0.2, -0.15) is 0 Å². The van der Waals surface area contributed by atoms with Gasteiger partial charge in [0.05, 0.1) is 11.0 Å². The van der Waals surface area contributed by atoms with Crippen molar-refractivity contribution in [2.24, 2.45) is 0 Å². The zero-order chi connectivity index (χ0) is 38.4. The van der Waals surface area contributed by atoms with Crippen LogP contribution in [0.25, 0.3) is 82.4 Å². The SMILES string of the molecule is c1ccc(-c2cccc(-n3c4ccccc4c4cc(N(c5ccccc5)c5ccc(-c6c7ccccc7c(-c7ccccc7)c7ccccc67)cc5)ccc43)c2)cc1. The summed E-state index contributed by atoms with van der Waals surface area (Å²) in [6.07, 6.45) is 0. The highest BCUT2D eigenvalue weighted by molar-refractivity contribution is 6.21. The monoisotopic (exact) mass is 738 g/mol. The maximum Gasteiger partial charge on any atom is 0.0542 e. The average molecular weight is 739 g/mol. The molecule has 0 atom stereocenters. The molecule has 2 nitrogen and oxygen atoms in total. The average Bonchev–Trinajstić information content (AvgIpc) is 3.63. The van der Waals surface area contributed by atoms with Gasteiger partial charge in [0, 0.05) is 33.5 Å². The summed E-state index contributed by atoms with van der Waals surface area (Å²) in [6, 6.07) is 83.5. The van der Waals surface area contributed by atoms with Gasteiger partial charge in [-0.1, -0.05) is 170 Å². The van der Waals surface area contributed by atoms with E-state index in [2.05, 4.69) is 240 Å². The van der Waals surface area contributed by atoms with E-state index in [9.17, 15) is 0 Å². The normalized spacial score (nSPS) is 11.4. The van der Waals surface area contributed by atoms with Crippen LogP contribution in [0.5, 0.6) is 0 Å². The minimum atomic E-state index is 1.10. The molecule has 1 aromatic heterocycles. The minimum Gasteiger partial charge on any atom is -0.310 e. The predicted molar refractivity (Wildman–Crippen MR) is 247 cm³/mol. The summed E-state index contributed by atoms with van der Waals surface area (Å²) in [6.45, 7) is 0. The van der Waals surface area contributed by atoms with Crippen LogP contribution in [0.2, 0.25) is 0 Å². The molecular formula is C56H38N2. The lowest BCUT2D eigenvalue weighted by atomic mass is 9.86. The highest BCUT2D eigenvalue weighted by Gasteiger charge is 2.20. The first-order chi connectivity index (χ1) is 28.8. The molecule has 11 rings (SSSR count). The summed E-state index contributed by atoms with van der Waals surface area (Å²) in [5, 5.41) is 7.47. The van der Waals surface area contributed by atoms with E-state index in [1.54, 1.807) is 0 Å². The third-order valence-corrected chi connectivity index (χ3v) is 11.5. The van der Waals surface area contributed by atoms with E-state index in [4.69, 9.17) is 0 Å². The van der Waals surface area contributed by atoms with Crippen molar-refractivity contribution in [3.05, 3.63) is 231 Å². The number of hydrogen-bond donors (Lipinski definition) is 0. The molecule has 0 aliphatic heterocycles. The third-order valence-electron chi connectivity index (χ3n) is 11.5. The Bertz CT molecular complexity index is 3200. The van der Waals surface area contributed by atoms with Crippen molar-refractivity contribution in [2.75, 3.05) is 4.90 Å². The fourth-order valence-electron chi connectivity index (χ4n) is 8.99. The number of aromatic nitrogens is 1. The number of nitrogens with zero attached hydrogens (tertiary/aromatic N) is 2. The van der Waals surface area contributed by atoms with E-state index in [0.29, 0.717) is 0 Å². The van der Waals surface area contributed by atoms with Gasteiger partial charge in [0.15, 0.2) is 0 Å². The molecular weight excluding hydrogens is 701 g/mol. The van der Waals surface area contributed by atoms with Gasteiger partial charge in [-0.3, -0.25) is 0 Å². The van der Waals surface area contributed by atoms with E-state index in [1.807, 2.05) is 0 Å². The van der Waals surface area contributed by atoms with Gasteiger partial charge >= 0.3 is 0 Å². The van der Waals surface area contributed by atoms with E-state index >= 15 is 0 Å². The van der Waals surface area contributed by atoms with Crippen molar-refractivity contribution in [1.82, 2.24) is 4.57 Å². The molecule has 2 heteroatoms. The summed E-state index contributed by atoms with van der Waals surface area (Å²) in [5.74, 6) is 0. The van der Waals surface area contributed by atoms with Crippen molar-refractivity contribution < 1.29 is 0 Å². The lowest BCUT2D eigenvalue weighted by Crippen LogP contribution is -2.09. The van der Waals surface area contributed by atoms with Gasteiger partial charge in [0.2, 0.25) is 0 Å². The van der Waals surface area contributed by atoms with Crippen LogP contribution in [-0.4, -0.2) is 4.57 Å². The van der Waals surface area contributed by atoms with Crippen LogP contribution in [0.1, 0.15) is 0 Å². The molecule has 0 bridgehead atoms. The second-order valence-corrected chi connectivity index (χ2v) is 14.9. The molecule has 0 spiro atoms. The predicted octanol–water partition coefficient (Wildman–Crippen LogP) is 15.6. The van der Waals surface area contributed by atoms with Gasteiger partial charge in [0.25, 0.3) is 0 Å². The Morgan fingerprint density at radius 3 is 1.33 bits per heavy atom. The van der Waals surface area contributed by atoms with Crippen LogP contribution in [0.3, 0.4) is 0 Å². The van der Waals surface area contributed by atoms with Crippen LogP contribution in [0.15, 0.2) is 231 Å². The van der Waals surface area contributed by atoms with Gasteiger partial charge in [-0.15, -0.1) is 0 Å². The van der Waals surface area contributed by atoms with Gasteiger partial charge in [-0.05, 0) is 116 Å². The van der Waals surface area contributed by atoms with Crippen molar-refractivity contribution in [2.45, 2.75) is 0 Å². The molecule has 0 aliphatic carbocycles. The van der Waals surface area contributed by atoms with E-state index in [-0.39, 0.29) is 0 Å². The summed E-state index contributed by atoms with van der Waals surface area (Å²) in [4.78, 5) is 2.38. The number of fused-ring (bicyclic) bond motifs is 5. The number of para-hydroxylation sites is 2. The maximum atomic E-state index is 2.40. The van der Waals surface area contributed by atoms with Gasteiger partial charge in [-0.25, -0.2) is 0 Å². The first-order valence-corrected chi connectivity index (χ1v) is 19.9. The molecule has 0 amide bonds. The van der Waals surface area contributed by atoms with Gasteiger partial charge in [0.1, 0.15) is 0 Å². The summed E-state index contributed by atoms with van der Waals surface area (Å²) >= 11 is 0. The van der Waals surface area contributed by atoms with E-state index in [0.717, 1.165) is 22.7 Å². The van der Waals surface area contributed by atoms with Crippen LogP contribution in [-0.2, 0) is 0 Å². The number of anilines is 3. The fourth-order valence-corrected chi connectivity index (χ4v) is 8.99. The van der Waals surface area contributed by atoms with Crippen LogP contribution < -0.4 is 4.90 Å². The molecule has 0 aliphatic rings. The Morgan fingerprint density at radius 1 is 0.259 bits per heavy atom. The number of hydrogen-bond acceptors (Lipinski definition) is 1. The zero-order valence-electron chi connectivity index (χ0n) is 31.8. The Morgan fingerprint density at radius 2 is 0.707 bits per heavy atom. The molecule has 0 N–H and O–H groups in total. The lowest BCUT2D eigenvalue weighted by Gasteiger charge is -2.26. The van der Waals surface area contributed by atoms with Crippen LogP contribution >= 0.6 is 0 Å². The fraction of sp³-hybridized carbons (Fsp3) is 0. The Labute approximate surface area is 338 Å². The summed E-state index contributed by atoms with van der Waals surface area (Å²) < 4.78 is 2.40. The highest BCUT2D eigenvalue weighted by atomic mass is 15.1. The Hall–Kier alpha value is -7.68. The van der Waals surface area contributed by atoms with Crippen LogP contribution in [0, 0.1) is 0 Å². The first-order valence-electron chi connectivity index (χ1n) is 19.9. The molecule has 58 heavy (non-hydrogen) atoms. The maximum absolute atomic E-state index is 2.40. The van der Waals surface area contributed by atoms with Crippen molar-refractivity contribution in [3.63, 3.8) is 0 Å².